The summed E-state index contributed by atoms with van der Waals surface area (Å²) in [6.07, 6.45) is 4.12. The number of carbonyl (C=O) groups excluding carboxylic acids is 1. The Labute approximate surface area is 158 Å². The second-order valence-corrected chi connectivity index (χ2v) is 6.92. The van der Waals surface area contributed by atoms with Gasteiger partial charge in [-0.05, 0) is 25.5 Å². The first-order chi connectivity index (χ1) is 13.0. The van der Waals surface area contributed by atoms with Crippen LogP contribution in [0.5, 0.6) is 0 Å². The molecule has 3 rings (SSSR count). The quantitative estimate of drug-likeness (QED) is 0.618. The third kappa shape index (κ3) is 4.33. The number of rotatable bonds is 6. The molecule has 1 unspecified atom stereocenters. The van der Waals surface area contributed by atoms with E-state index in [1.807, 2.05) is 26.0 Å². The fraction of sp³-hybridized carbons (Fsp3) is 0.474. The maximum atomic E-state index is 12.1. The highest BCUT2D eigenvalue weighted by atomic mass is 16.6. The van der Waals surface area contributed by atoms with Crippen LogP contribution in [0, 0.1) is 10.1 Å². The van der Waals surface area contributed by atoms with E-state index in [2.05, 4.69) is 20.1 Å². The van der Waals surface area contributed by atoms with Crippen LogP contribution in [-0.2, 0) is 4.79 Å². The zero-order valence-corrected chi connectivity index (χ0v) is 15.7. The third-order valence-corrected chi connectivity index (χ3v) is 5.07. The molecule has 1 fully saturated rings. The fourth-order valence-corrected chi connectivity index (χ4v) is 3.37. The van der Waals surface area contributed by atoms with E-state index < -0.39 is 0 Å². The fourth-order valence-electron chi connectivity index (χ4n) is 3.37. The van der Waals surface area contributed by atoms with Crippen LogP contribution in [0.25, 0.3) is 10.8 Å². The lowest BCUT2D eigenvalue weighted by Gasteiger charge is -2.36. The highest BCUT2D eigenvalue weighted by Gasteiger charge is 2.23. The van der Waals surface area contributed by atoms with E-state index in [9.17, 15) is 14.9 Å². The van der Waals surface area contributed by atoms with E-state index in [0.29, 0.717) is 11.9 Å². The third-order valence-electron chi connectivity index (χ3n) is 5.07. The first-order valence-electron chi connectivity index (χ1n) is 9.27. The molecule has 0 radical (unpaired) electrons. The number of carbonyl (C=O) groups is 1. The maximum Gasteiger partial charge on any atom is 0.278 e. The molecular weight excluding hydrogens is 346 g/mol. The van der Waals surface area contributed by atoms with E-state index in [4.69, 9.17) is 0 Å². The van der Waals surface area contributed by atoms with Crippen LogP contribution in [0.4, 0.5) is 11.4 Å². The molecule has 1 atom stereocenters. The predicted molar refractivity (Wildman–Crippen MR) is 105 cm³/mol. The number of piperazine rings is 1. The number of hydrogen-bond acceptors (Lipinski definition) is 6. The molecule has 2 heterocycles. The number of nitro groups is 1. The van der Waals surface area contributed by atoms with Gasteiger partial charge in [0.05, 0.1) is 16.9 Å². The van der Waals surface area contributed by atoms with Gasteiger partial charge in [-0.3, -0.25) is 24.8 Å². The van der Waals surface area contributed by atoms with E-state index in [1.165, 1.54) is 0 Å². The molecule has 8 nitrogen and oxygen atoms in total. The summed E-state index contributed by atoms with van der Waals surface area (Å²) in [7, 11) is 0. The molecule has 0 spiro atoms. The van der Waals surface area contributed by atoms with Crippen LogP contribution in [-0.4, -0.2) is 59.5 Å². The van der Waals surface area contributed by atoms with Gasteiger partial charge in [0.15, 0.2) is 0 Å². The minimum absolute atomic E-state index is 0.0599. The highest BCUT2D eigenvalue weighted by molar-refractivity contribution is 5.99. The van der Waals surface area contributed by atoms with Gasteiger partial charge in [-0.15, -0.1) is 0 Å². The highest BCUT2D eigenvalue weighted by Crippen LogP contribution is 2.33. The molecular formula is C19H25N5O3. The topological polar surface area (TPSA) is 91.6 Å². The molecule has 144 valence electrons. The Morgan fingerprint density at radius 2 is 2.00 bits per heavy atom. The normalized spacial score (nSPS) is 16.3. The number of nitrogens with zero attached hydrogens (tertiary/aromatic N) is 4. The van der Waals surface area contributed by atoms with E-state index >= 15 is 0 Å². The second kappa shape index (κ2) is 8.30. The van der Waals surface area contributed by atoms with Crippen molar-refractivity contribution in [2.45, 2.75) is 26.3 Å². The van der Waals surface area contributed by atoms with Gasteiger partial charge in [0.2, 0.25) is 5.91 Å². The van der Waals surface area contributed by atoms with Crippen LogP contribution >= 0.6 is 0 Å². The number of amides is 1. The minimum Gasteiger partial charge on any atom is -0.368 e. The number of benzene rings is 1. The van der Waals surface area contributed by atoms with Crippen LogP contribution in [0.2, 0.25) is 0 Å². The molecule has 1 N–H and O–H groups in total. The van der Waals surface area contributed by atoms with Crippen molar-refractivity contribution >= 4 is 28.1 Å². The summed E-state index contributed by atoms with van der Waals surface area (Å²) in [4.78, 5) is 31.4. The van der Waals surface area contributed by atoms with Gasteiger partial charge >= 0.3 is 0 Å². The number of nitrogens with one attached hydrogen (secondary N) is 1. The zero-order chi connectivity index (χ0) is 19.4. The first kappa shape index (κ1) is 19.0. The zero-order valence-electron chi connectivity index (χ0n) is 15.7. The van der Waals surface area contributed by atoms with Crippen molar-refractivity contribution in [3.05, 3.63) is 40.7 Å². The minimum atomic E-state index is -0.373. The van der Waals surface area contributed by atoms with E-state index in [1.54, 1.807) is 18.5 Å². The molecule has 1 aromatic heterocycles. The number of anilines is 1. The molecule has 1 aliphatic heterocycles. The lowest BCUT2D eigenvalue weighted by Crippen LogP contribution is -2.50. The monoisotopic (exact) mass is 371 g/mol. The van der Waals surface area contributed by atoms with Crippen LogP contribution < -0.4 is 10.2 Å². The molecule has 1 amide bonds. The predicted octanol–water partition coefficient (Wildman–Crippen LogP) is 2.18. The number of aromatic nitrogens is 1. The average molecular weight is 371 g/mol. The van der Waals surface area contributed by atoms with Gasteiger partial charge in [-0.25, -0.2) is 0 Å². The Bertz CT molecular complexity index is 833. The molecule has 0 saturated carbocycles. The van der Waals surface area contributed by atoms with Crippen LogP contribution in [0.15, 0.2) is 30.6 Å². The Balaban J connectivity index is 1.69. The lowest BCUT2D eigenvalue weighted by atomic mass is 10.1. The summed E-state index contributed by atoms with van der Waals surface area (Å²) in [5.41, 5.74) is 1.05. The lowest BCUT2D eigenvalue weighted by molar-refractivity contribution is -0.383. The Morgan fingerprint density at radius 3 is 2.67 bits per heavy atom. The largest absolute Gasteiger partial charge is 0.368 e. The van der Waals surface area contributed by atoms with Crippen molar-refractivity contribution in [2.24, 2.45) is 0 Å². The van der Waals surface area contributed by atoms with Crippen molar-refractivity contribution < 1.29 is 9.72 Å². The number of non-ortho nitro benzene ring substituents is 1. The average Bonchev–Trinajstić information content (AvgIpc) is 2.67. The molecule has 1 aliphatic rings. The Hall–Kier alpha value is -2.74. The molecule has 1 aromatic carbocycles. The number of pyridine rings is 1. The summed E-state index contributed by atoms with van der Waals surface area (Å²) >= 11 is 0. The van der Waals surface area contributed by atoms with E-state index in [-0.39, 0.29) is 22.6 Å². The van der Waals surface area contributed by atoms with Crippen molar-refractivity contribution in [2.75, 3.05) is 37.6 Å². The second-order valence-electron chi connectivity index (χ2n) is 6.92. The van der Waals surface area contributed by atoms with Crippen molar-refractivity contribution in [1.82, 2.24) is 15.2 Å². The van der Waals surface area contributed by atoms with Gasteiger partial charge in [0.25, 0.3) is 5.69 Å². The van der Waals surface area contributed by atoms with Crippen LogP contribution in [0.3, 0.4) is 0 Å². The number of fused-ring (bicyclic) bond motifs is 1. The van der Waals surface area contributed by atoms with Gasteiger partial charge in [0.1, 0.15) is 0 Å². The maximum absolute atomic E-state index is 12.1. The van der Waals surface area contributed by atoms with Gasteiger partial charge in [-0.2, -0.15) is 0 Å². The molecule has 8 heteroatoms. The summed E-state index contributed by atoms with van der Waals surface area (Å²) in [5, 5.41) is 15.6. The SMILES string of the molecule is CCC(C)NC(=O)CN1CCN(c2ccc([N+](=O)[O-])c3cnccc23)CC1. The molecule has 1 saturated heterocycles. The summed E-state index contributed by atoms with van der Waals surface area (Å²) in [6, 6.07) is 5.37. The standard InChI is InChI=1S/C19H25N5O3/c1-3-14(2)21-19(25)13-22-8-10-23(11-9-22)17-4-5-18(24(26)27)16-12-20-7-6-15(16)17/h4-7,12,14H,3,8-11,13H2,1-2H3,(H,21,25). The van der Waals surface area contributed by atoms with Gasteiger partial charge in [0, 0.05) is 61.8 Å². The molecule has 0 aliphatic carbocycles. The summed E-state index contributed by atoms with van der Waals surface area (Å²) in [5.74, 6) is 0.0599. The smallest absolute Gasteiger partial charge is 0.278 e. The molecule has 2 aromatic rings. The summed E-state index contributed by atoms with van der Waals surface area (Å²) < 4.78 is 0. The Kier molecular flexibility index (Phi) is 5.85. The number of nitro benzene ring substituents is 1. The van der Waals surface area contributed by atoms with Crippen molar-refractivity contribution in [3.8, 4) is 0 Å². The molecule has 27 heavy (non-hydrogen) atoms. The van der Waals surface area contributed by atoms with Crippen LogP contribution in [0.1, 0.15) is 20.3 Å². The summed E-state index contributed by atoms with van der Waals surface area (Å²) in [6.45, 7) is 7.55. The Morgan fingerprint density at radius 1 is 1.26 bits per heavy atom. The first-order valence-corrected chi connectivity index (χ1v) is 9.27. The number of hydrogen-bond donors (Lipinski definition) is 1. The van der Waals surface area contributed by atoms with Gasteiger partial charge in [-0.1, -0.05) is 6.92 Å². The van der Waals surface area contributed by atoms with E-state index in [0.717, 1.165) is 43.7 Å². The van der Waals surface area contributed by atoms with Crippen molar-refractivity contribution in [3.63, 3.8) is 0 Å². The van der Waals surface area contributed by atoms with Gasteiger partial charge < -0.3 is 10.2 Å². The molecule has 0 bridgehead atoms. The van der Waals surface area contributed by atoms with Crippen molar-refractivity contribution in [1.29, 1.82) is 0 Å².